The summed E-state index contributed by atoms with van der Waals surface area (Å²) in [5.74, 6) is 0.0760. The lowest BCUT2D eigenvalue weighted by Gasteiger charge is -2.59. The number of halogens is 3. The van der Waals surface area contributed by atoms with Crippen LogP contribution in [0.1, 0.15) is 45.7 Å². The largest absolute Gasteiger partial charge is 0.378 e. The SMILES string of the molecule is CCOC1CC(N)(C(=O)N2CCN(C(C)c3cccnc3)CC2)C1(C)C.Cl.Cl.Cl. The van der Waals surface area contributed by atoms with Gasteiger partial charge in [-0.15, -0.1) is 37.2 Å². The Kier molecular flexibility index (Phi) is 10.9. The fourth-order valence-corrected chi connectivity index (χ4v) is 4.23. The Morgan fingerprint density at radius 2 is 1.90 bits per heavy atom. The molecule has 1 aromatic heterocycles. The van der Waals surface area contributed by atoms with E-state index >= 15 is 0 Å². The summed E-state index contributed by atoms with van der Waals surface area (Å²) < 4.78 is 5.76. The minimum Gasteiger partial charge on any atom is -0.378 e. The lowest BCUT2D eigenvalue weighted by atomic mass is 9.54. The number of hydrogen-bond donors (Lipinski definition) is 1. The highest BCUT2D eigenvalue weighted by molar-refractivity contribution is 5.89. The molecule has 3 atom stereocenters. The van der Waals surface area contributed by atoms with Crippen LogP contribution in [-0.2, 0) is 9.53 Å². The van der Waals surface area contributed by atoms with Crippen LogP contribution in [0.2, 0.25) is 0 Å². The zero-order valence-electron chi connectivity index (χ0n) is 17.7. The van der Waals surface area contributed by atoms with Gasteiger partial charge in [0.2, 0.25) is 5.91 Å². The van der Waals surface area contributed by atoms with Gasteiger partial charge in [-0.05, 0) is 25.5 Å². The van der Waals surface area contributed by atoms with E-state index in [9.17, 15) is 4.79 Å². The number of carbonyl (C=O) groups excluding carboxylic acids is 1. The molecule has 1 aliphatic heterocycles. The van der Waals surface area contributed by atoms with Crippen molar-refractivity contribution in [3.05, 3.63) is 30.1 Å². The first kappa shape index (κ1) is 28.4. The summed E-state index contributed by atoms with van der Waals surface area (Å²) >= 11 is 0. The Bertz CT molecular complexity index is 642. The highest BCUT2D eigenvalue weighted by Crippen LogP contribution is 2.50. The molecule has 2 heterocycles. The number of amides is 1. The van der Waals surface area contributed by atoms with Crippen LogP contribution in [0, 0.1) is 5.41 Å². The van der Waals surface area contributed by atoms with E-state index in [-0.39, 0.29) is 54.6 Å². The minimum atomic E-state index is -0.816. The Morgan fingerprint density at radius 3 is 2.38 bits per heavy atom. The third kappa shape index (κ3) is 5.17. The normalized spacial score (nSPS) is 26.8. The number of aromatic nitrogens is 1. The van der Waals surface area contributed by atoms with Crippen molar-refractivity contribution in [2.75, 3.05) is 32.8 Å². The Morgan fingerprint density at radius 1 is 1.28 bits per heavy atom. The van der Waals surface area contributed by atoms with Crippen LogP contribution in [-0.4, -0.2) is 65.1 Å². The number of nitrogens with zero attached hydrogens (tertiary/aromatic N) is 3. The smallest absolute Gasteiger partial charge is 0.243 e. The molecule has 1 aliphatic carbocycles. The van der Waals surface area contributed by atoms with Gasteiger partial charge in [-0.2, -0.15) is 0 Å². The van der Waals surface area contributed by atoms with Gasteiger partial charge in [0.15, 0.2) is 0 Å². The first-order valence-corrected chi connectivity index (χ1v) is 9.65. The molecule has 1 saturated heterocycles. The first-order valence-electron chi connectivity index (χ1n) is 9.65. The van der Waals surface area contributed by atoms with Crippen molar-refractivity contribution in [3.63, 3.8) is 0 Å². The van der Waals surface area contributed by atoms with E-state index in [0.29, 0.717) is 19.1 Å². The van der Waals surface area contributed by atoms with Gasteiger partial charge in [0.25, 0.3) is 0 Å². The molecule has 0 radical (unpaired) electrons. The van der Waals surface area contributed by atoms with Gasteiger partial charge < -0.3 is 15.4 Å². The Hall–Kier alpha value is -0.630. The van der Waals surface area contributed by atoms with Gasteiger partial charge in [-0.3, -0.25) is 14.7 Å². The van der Waals surface area contributed by atoms with Gasteiger partial charge in [0.05, 0.1) is 6.10 Å². The number of ether oxygens (including phenoxy) is 1. The highest BCUT2D eigenvalue weighted by atomic mass is 35.5. The van der Waals surface area contributed by atoms with Crippen molar-refractivity contribution >= 4 is 43.1 Å². The zero-order chi connectivity index (χ0) is 18.9. The van der Waals surface area contributed by atoms with Gasteiger partial charge in [0, 0.05) is 63.1 Å². The molecule has 2 aliphatic rings. The summed E-state index contributed by atoms with van der Waals surface area (Å²) in [5.41, 5.74) is 6.63. The second kappa shape index (κ2) is 11.1. The van der Waals surface area contributed by atoms with E-state index in [1.54, 1.807) is 6.20 Å². The molecule has 1 aromatic rings. The summed E-state index contributed by atoms with van der Waals surface area (Å²) in [6.45, 7) is 12.1. The number of nitrogens with two attached hydrogens (primary N) is 1. The van der Waals surface area contributed by atoms with E-state index in [4.69, 9.17) is 10.5 Å². The summed E-state index contributed by atoms with van der Waals surface area (Å²) in [5, 5.41) is 0. The zero-order valence-corrected chi connectivity index (χ0v) is 20.1. The van der Waals surface area contributed by atoms with Gasteiger partial charge in [-0.25, -0.2) is 0 Å². The Labute approximate surface area is 193 Å². The number of carbonyl (C=O) groups is 1. The molecule has 0 aromatic carbocycles. The second-order valence-electron chi connectivity index (χ2n) is 8.13. The second-order valence-corrected chi connectivity index (χ2v) is 8.13. The summed E-state index contributed by atoms with van der Waals surface area (Å²) in [4.78, 5) is 21.7. The van der Waals surface area contributed by atoms with E-state index < -0.39 is 5.54 Å². The topological polar surface area (TPSA) is 71.7 Å². The molecular weight excluding hydrogens is 435 g/mol. The van der Waals surface area contributed by atoms with E-state index in [2.05, 4.69) is 36.7 Å². The molecule has 3 rings (SSSR count). The van der Waals surface area contributed by atoms with Crippen molar-refractivity contribution < 1.29 is 9.53 Å². The molecule has 168 valence electrons. The molecule has 0 bridgehead atoms. The van der Waals surface area contributed by atoms with Crippen LogP contribution in [0.25, 0.3) is 0 Å². The molecule has 29 heavy (non-hydrogen) atoms. The van der Waals surface area contributed by atoms with Crippen molar-refractivity contribution in [2.45, 2.75) is 51.8 Å². The molecule has 9 heteroatoms. The maximum Gasteiger partial charge on any atom is 0.243 e. The molecular formula is C20H35Cl3N4O2. The number of hydrogen-bond acceptors (Lipinski definition) is 5. The highest BCUT2D eigenvalue weighted by Gasteiger charge is 2.63. The van der Waals surface area contributed by atoms with E-state index in [0.717, 1.165) is 26.2 Å². The van der Waals surface area contributed by atoms with E-state index in [1.165, 1.54) is 5.56 Å². The summed E-state index contributed by atoms with van der Waals surface area (Å²) in [7, 11) is 0. The monoisotopic (exact) mass is 468 g/mol. The van der Waals surface area contributed by atoms with Gasteiger partial charge in [0.1, 0.15) is 5.54 Å². The molecule has 3 unspecified atom stereocenters. The van der Waals surface area contributed by atoms with Crippen LogP contribution in [0.3, 0.4) is 0 Å². The third-order valence-corrected chi connectivity index (χ3v) is 6.53. The van der Waals surface area contributed by atoms with Gasteiger partial charge in [-0.1, -0.05) is 19.9 Å². The molecule has 2 fully saturated rings. The molecule has 1 amide bonds. The van der Waals surface area contributed by atoms with E-state index in [1.807, 2.05) is 24.1 Å². The maximum absolute atomic E-state index is 13.1. The lowest BCUT2D eigenvalue weighted by molar-refractivity contribution is -0.180. The fourth-order valence-electron chi connectivity index (χ4n) is 4.23. The number of pyridine rings is 1. The standard InChI is InChI=1S/C20H32N4O2.3ClH/c1-5-26-17-13-20(21,19(17,3)4)18(25)24-11-9-23(10-12-24)15(2)16-7-6-8-22-14-16;;;/h6-8,14-15,17H,5,9-13,21H2,1-4H3;3*1H. The van der Waals surface area contributed by atoms with Crippen molar-refractivity contribution in [3.8, 4) is 0 Å². The van der Waals surface area contributed by atoms with Crippen LogP contribution in [0.5, 0.6) is 0 Å². The van der Waals surface area contributed by atoms with Gasteiger partial charge >= 0.3 is 0 Å². The quantitative estimate of drug-likeness (QED) is 0.717. The lowest BCUT2D eigenvalue weighted by Crippen LogP contribution is -2.76. The summed E-state index contributed by atoms with van der Waals surface area (Å²) in [6.07, 6.45) is 4.39. The number of piperazine rings is 1. The molecule has 0 spiro atoms. The van der Waals surface area contributed by atoms with Crippen LogP contribution in [0.4, 0.5) is 0 Å². The minimum absolute atomic E-state index is 0. The first-order chi connectivity index (χ1) is 12.3. The molecule has 1 saturated carbocycles. The van der Waals surface area contributed by atoms with Crippen LogP contribution in [0.15, 0.2) is 24.5 Å². The average Bonchev–Trinajstić information content (AvgIpc) is 2.67. The summed E-state index contributed by atoms with van der Waals surface area (Å²) in [6, 6.07) is 4.38. The third-order valence-electron chi connectivity index (χ3n) is 6.53. The van der Waals surface area contributed by atoms with Crippen molar-refractivity contribution in [2.24, 2.45) is 11.1 Å². The van der Waals surface area contributed by atoms with Crippen molar-refractivity contribution in [1.29, 1.82) is 0 Å². The predicted molar refractivity (Wildman–Crippen MR) is 123 cm³/mol. The molecule has 2 N–H and O–H groups in total. The Balaban J connectivity index is 0.00000261. The van der Waals surface area contributed by atoms with Crippen LogP contribution < -0.4 is 5.73 Å². The maximum atomic E-state index is 13.1. The molecule has 6 nitrogen and oxygen atoms in total. The van der Waals surface area contributed by atoms with Crippen LogP contribution >= 0.6 is 37.2 Å². The fraction of sp³-hybridized carbons (Fsp3) is 0.700. The predicted octanol–water partition coefficient (Wildman–Crippen LogP) is 3.08. The average molecular weight is 470 g/mol. The number of rotatable bonds is 5. The van der Waals surface area contributed by atoms with Crippen molar-refractivity contribution in [1.82, 2.24) is 14.8 Å².